The van der Waals surface area contributed by atoms with Crippen molar-refractivity contribution in [3.63, 3.8) is 0 Å². The Labute approximate surface area is 84.6 Å². The highest BCUT2D eigenvalue weighted by Gasteiger charge is 2.10. The summed E-state index contributed by atoms with van der Waals surface area (Å²) in [6.45, 7) is 1.88. The Balaban J connectivity index is 3.96. The molecule has 0 aromatic carbocycles. The van der Waals surface area contributed by atoms with Crippen molar-refractivity contribution < 1.29 is 23.9 Å². The van der Waals surface area contributed by atoms with Gasteiger partial charge in [-0.3, -0.25) is 0 Å². The van der Waals surface area contributed by atoms with Gasteiger partial charge in [-0.25, -0.2) is 9.59 Å². The molecule has 0 amide bonds. The van der Waals surface area contributed by atoms with Gasteiger partial charge in [-0.2, -0.15) is 0 Å². The van der Waals surface area contributed by atoms with E-state index in [1.165, 1.54) is 0 Å². The van der Waals surface area contributed by atoms with E-state index in [0.717, 1.165) is 12.2 Å². The van der Waals surface area contributed by atoms with Crippen LogP contribution < -0.4 is 0 Å². The molecule has 0 spiro atoms. The minimum Gasteiger partial charge on any atom is -0.478 e. The molecule has 6 heteroatoms. The average molecular weight is 218 g/mol. The van der Waals surface area contributed by atoms with E-state index >= 15 is 0 Å². The van der Waals surface area contributed by atoms with E-state index in [0.29, 0.717) is 6.42 Å². The number of carbonyl (C=O) groups is 2. The second kappa shape index (κ2) is 7.28. The lowest BCUT2D eigenvalue weighted by Gasteiger charge is -2.12. The first-order chi connectivity index (χ1) is 6.60. The van der Waals surface area contributed by atoms with Gasteiger partial charge in [-0.15, -0.1) is 0 Å². The molecule has 0 aliphatic carbocycles. The van der Waals surface area contributed by atoms with Crippen LogP contribution in [0.15, 0.2) is 12.2 Å². The van der Waals surface area contributed by atoms with E-state index in [1.54, 1.807) is 7.11 Å². The second-order valence-electron chi connectivity index (χ2n) is 2.59. The molecule has 0 radical (unpaired) electrons. The first-order valence-electron chi connectivity index (χ1n) is 4.20. The Kier molecular flexibility index (Phi) is 6.68. The lowest BCUT2D eigenvalue weighted by Crippen LogP contribution is -2.24. The Hall–Kier alpha value is -1.14. The molecule has 0 aliphatic heterocycles. The summed E-state index contributed by atoms with van der Waals surface area (Å²) in [6, 6.07) is 0. The van der Waals surface area contributed by atoms with Crippen LogP contribution in [0, 0.1) is 0 Å². The topological polar surface area (TPSA) is 72.8 Å². The van der Waals surface area contributed by atoms with Crippen LogP contribution in [0.2, 0.25) is 0 Å². The third-order valence-electron chi connectivity index (χ3n) is 1.45. The van der Waals surface area contributed by atoms with Crippen molar-refractivity contribution >= 4 is 21.7 Å². The number of carboxylic acid groups (broad SMARTS) is 1. The summed E-state index contributed by atoms with van der Waals surface area (Å²) in [5, 5.41) is 8.25. The van der Waals surface area contributed by atoms with Crippen LogP contribution in [0.25, 0.3) is 0 Å². The van der Waals surface area contributed by atoms with Crippen molar-refractivity contribution in [1.82, 2.24) is 0 Å². The monoisotopic (exact) mass is 218 g/mol. The molecule has 0 saturated carbocycles. The summed E-state index contributed by atoms with van der Waals surface area (Å²) >= 11 is 0. The first-order valence-corrected chi connectivity index (χ1v) is 5.60. The summed E-state index contributed by atoms with van der Waals surface area (Å²) in [5.74, 6) is -1.80. The summed E-state index contributed by atoms with van der Waals surface area (Å²) in [4.78, 5) is 21.1. The van der Waals surface area contributed by atoms with Crippen molar-refractivity contribution in [2.75, 3.05) is 7.11 Å². The molecule has 0 heterocycles. The maximum absolute atomic E-state index is 11.0. The fourth-order valence-corrected chi connectivity index (χ4v) is 1.60. The average Bonchev–Trinajstić information content (AvgIpc) is 2.14. The summed E-state index contributed by atoms with van der Waals surface area (Å²) in [6.07, 6.45) is 2.34. The zero-order valence-corrected chi connectivity index (χ0v) is 9.64. The minimum atomic E-state index is -1.17. The third kappa shape index (κ3) is 6.38. The predicted octanol–water partition coefficient (Wildman–Crippen LogP) is -0.363. The fourth-order valence-electron chi connectivity index (χ4n) is 0.764. The van der Waals surface area contributed by atoms with Crippen molar-refractivity contribution in [2.45, 2.75) is 19.1 Å². The Morgan fingerprint density at radius 2 is 2.14 bits per heavy atom. The maximum Gasteiger partial charge on any atom is 0.331 e. The maximum atomic E-state index is 11.0. The molecule has 0 bridgehead atoms. The number of hydrogen-bond acceptors (Lipinski definition) is 4. The molecule has 5 nitrogen and oxygen atoms in total. The van der Waals surface area contributed by atoms with Crippen molar-refractivity contribution in [3.05, 3.63) is 12.2 Å². The van der Waals surface area contributed by atoms with Gasteiger partial charge in [0.2, 0.25) is 9.76 Å². The minimum absolute atomic E-state index is 0.189. The van der Waals surface area contributed by atoms with Gasteiger partial charge < -0.3 is 14.3 Å². The molecule has 1 N–H and O–H groups in total. The predicted molar refractivity (Wildman–Crippen MR) is 52.5 cm³/mol. The smallest absolute Gasteiger partial charge is 0.331 e. The number of aliphatic carboxylic acids is 1. The molecular formula is C8H14O5Si. The van der Waals surface area contributed by atoms with Crippen LogP contribution in [0.1, 0.15) is 13.3 Å². The van der Waals surface area contributed by atoms with Gasteiger partial charge >= 0.3 is 11.9 Å². The van der Waals surface area contributed by atoms with Crippen molar-refractivity contribution in [3.8, 4) is 0 Å². The Morgan fingerprint density at radius 3 is 2.57 bits per heavy atom. The van der Waals surface area contributed by atoms with Gasteiger partial charge in [0.05, 0.1) is 0 Å². The van der Waals surface area contributed by atoms with E-state index in [1.807, 2.05) is 6.92 Å². The van der Waals surface area contributed by atoms with Crippen LogP contribution in [0.3, 0.4) is 0 Å². The number of ether oxygens (including phenoxy) is 1. The standard InChI is InChI=1S/C8H14O5Si/c1-3-8(14-12-2)13-7(11)5-4-6(9)10/h4-5,8H,3,14H2,1-2H3,(H,9,10). The molecule has 0 aromatic rings. The highest BCUT2D eigenvalue weighted by Crippen LogP contribution is 1.97. The summed E-state index contributed by atoms with van der Waals surface area (Å²) in [5.41, 5.74) is -0.189. The first kappa shape index (κ1) is 12.9. The van der Waals surface area contributed by atoms with Crippen LogP contribution in [0.5, 0.6) is 0 Å². The molecule has 1 unspecified atom stereocenters. The molecular weight excluding hydrogens is 204 g/mol. The van der Waals surface area contributed by atoms with Gasteiger partial charge in [-0.05, 0) is 6.42 Å². The van der Waals surface area contributed by atoms with Gasteiger partial charge in [0.25, 0.3) is 0 Å². The van der Waals surface area contributed by atoms with Gasteiger partial charge in [0.1, 0.15) is 5.73 Å². The highest BCUT2D eigenvalue weighted by molar-refractivity contribution is 6.29. The quantitative estimate of drug-likeness (QED) is 0.374. The summed E-state index contributed by atoms with van der Waals surface area (Å²) < 4.78 is 9.88. The number of hydrogen-bond donors (Lipinski definition) is 1. The van der Waals surface area contributed by atoms with Crippen LogP contribution in [0.4, 0.5) is 0 Å². The molecule has 0 rings (SSSR count). The summed E-state index contributed by atoms with van der Waals surface area (Å²) in [7, 11) is 0.697. The van der Waals surface area contributed by atoms with Gasteiger partial charge in [0.15, 0.2) is 0 Å². The largest absolute Gasteiger partial charge is 0.478 e. The lowest BCUT2D eigenvalue weighted by atomic mass is 10.5. The van der Waals surface area contributed by atoms with E-state index in [-0.39, 0.29) is 5.73 Å². The number of rotatable bonds is 6. The van der Waals surface area contributed by atoms with Crippen LogP contribution in [-0.2, 0) is 18.8 Å². The van der Waals surface area contributed by atoms with Gasteiger partial charge in [-0.1, -0.05) is 6.92 Å². The van der Waals surface area contributed by atoms with Crippen LogP contribution in [-0.4, -0.2) is 39.6 Å². The SMILES string of the molecule is CCC(OC(=O)C=CC(=O)O)[SiH2]OC. The van der Waals surface area contributed by atoms with Crippen molar-refractivity contribution in [2.24, 2.45) is 0 Å². The zero-order chi connectivity index (χ0) is 11.0. The fraction of sp³-hybridized carbons (Fsp3) is 0.500. The lowest BCUT2D eigenvalue weighted by molar-refractivity contribution is -0.140. The molecule has 80 valence electrons. The Morgan fingerprint density at radius 1 is 1.50 bits per heavy atom. The van der Waals surface area contributed by atoms with E-state index in [2.05, 4.69) is 0 Å². The second-order valence-corrected chi connectivity index (χ2v) is 4.42. The molecule has 14 heavy (non-hydrogen) atoms. The molecule has 0 fully saturated rings. The molecule has 0 aliphatic rings. The van der Waals surface area contributed by atoms with Gasteiger partial charge in [0, 0.05) is 19.3 Å². The van der Waals surface area contributed by atoms with E-state index in [9.17, 15) is 9.59 Å². The van der Waals surface area contributed by atoms with Crippen molar-refractivity contribution in [1.29, 1.82) is 0 Å². The van der Waals surface area contributed by atoms with Crippen LogP contribution >= 0.6 is 0 Å². The number of esters is 1. The highest BCUT2D eigenvalue weighted by atomic mass is 28.2. The van der Waals surface area contributed by atoms with E-state index < -0.39 is 21.7 Å². The third-order valence-corrected chi connectivity index (χ3v) is 2.90. The zero-order valence-electron chi connectivity index (χ0n) is 8.23. The molecule has 1 atom stereocenters. The Bertz CT molecular complexity index is 226. The molecule has 0 aromatic heterocycles. The molecule has 0 saturated heterocycles. The number of carbonyl (C=O) groups excluding carboxylic acids is 1. The number of carboxylic acids is 1. The van der Waals surface area contributed by atoms with E-state index in [4.69, 9.17) is 14.3 Å². The normalized spacial score (nSPS) is 13.6.